The van der Waals surface area contributed by atoms with E-state index in [0.717, 1.165) is 11.1 Å². The van der Waals surface area contributed by atoms with Crippen molar-refractivity contribution in [2.75, 3.05) is 26.8 Å². The predicted molar refractivity (Wildman–Crippen MR) is 122 cm³/mol. The number of amides is 2. The molecule has 0 saturated heterocycles. The lowest BCUT2D eigenvalue weighted by molar-refractivity contribution is -0.141. The van der Waals surface area contributed by atoms with Gasteiger partial charge in [-0.2, -0.15) is 5.10 Å². The van der Waals surface area contributed by atoms with Gasteiger partial charge >= 0.3 is 0 Å². The first-order valence-corrected chi connectivity index (χ1v) is 10.9. The minimum absolute atomic E-state index is 0.0870. The first-order chi connectivity index (χ1) is 15.0. The highest BCUT2D eigenvalue weighted by Gasteiger charge is 2.35. The lowest BCUT2D eigenvalue weighted by Gasteiger charge is -2.27. The Balaban J connectivity index is 1.93. The average Bonchev–Trinajstić information content (AvgIpc) is 3.21. The molecule has 0 radical (unpaired) electrons. The molecule has 1 aliphatic heterocycles. The molecule has 2 aromatic rings. The molecular weight excluding hydrogens is 437 g/mol. The first-order valence-electron chi connectivity index (χ1n) is 10.1. The maximum atomic E-state index is 13.3. The molecule has 0 fully saturated rings. The van der Waals surface area contributed by atoms with Crippen LogP contribution in [0.15, 0.2) is 53.6 Å². The van der Waals surface area contributed by atoms with Crippen LogP contribution in [0.5, 0.6) is 0 Å². The third kappa shape index (κ3) is 5.45. The Bertz CT molecular complexity index is 980. The van der Waals surface area contributed by atoms with Crippen LogP contribution in [0.25, 0.3) is 0 Å². The molecule has 31 heavy (non-hydrogen) atoms. The fraction of sp³-hybridized carbons (Fsp3) is 0.348. The normalized spacial score (nSPS) is 15.7. The van der Waals surface area contributed by atoms with Gasteiger partial charge in [-0.1, -0.05) is 66.5 Å². The van der Waals surface area contributed by atoms with Crippen molar-refractivity contribution in [1.82, 2.24) is 9.91 Å². The van der Waals surface area contributed by atoms with E-state index in [0.29, 0.717) is 41.8 Å². The average molecular weight is 462 g/mol. The summed E-state index contributed by atoms with van der Waals surface area (Å²) >= 11 is 12.8. The van der Waals surface area contributed by atoms with Gasteiger partial charge in [0, 0.05) is 42.1 Å². The molecule has 3 rings (SSSR count). The van der Waals surface area contributed by atoms with Gasteiger partial charge in [0.15, 0.2) is 0 Å². The van der Waals surface area contributed by atoms with Crippen molar-refractivity contribution < 1.29 is 14.3 Å². The molecule has 1 aliphatic rings. The van der Waals surface area contributed by atoms with Gasteiger partial charge in [-0.15, -0.1) is 0 Å². The maximum Gasteiger partial charge on any atom is 0.262 e. The van der Waals surface area contributed by atoms with Gasteiger partial charge < -0.3 is 9.64 Å². The van der Waals surface area contributed by atoms with Crippen molar-refractivity contribution >= 4 is 40.7 Å². The van der Waals surface area contributed by atoms with Gasteiger partial charge in [-0.25, -0.2) is 5.01 Å². The second-order valence-electron chi connectivity index (χ2n) is 7.17. The fourth-order valence-corrected chi connectivity index (χ4v) is 4.05. The summed E-state index contributed by atoms with van der Waals surface area (Å²) in [7, 11) is 1.56. The van der Waals surface area contributed by atoms with Gasteiger partial charge in [0.05, 0.1) is 18.4 Å². The van der Waals surface area contributed by atoms with Crippen molar-refractivity contribution in [3.8, 4) is 0 Å². The molecule has 2 aromatic carbocycles. The quantitative estimate of drug-likeness (QED) is 0.578. The number of halogens is 2. The van der Waals surface area contributed by atoms with Crippen molar-refractivity contribution in [3.63, 3.8) is 0 Å². The Morgan fingerprint density at radius 2 is 1.81 bits per heavy atom. The van der Waals surface area contributed by atoms with E-state index in [4.69, 9.17) is 27.9 Å². The monoisotopic (exact) mass is 461 g/mol. The Kier molecular flexibility index (Phi) is 8.07. The molecule has 1 heterocycles. The predicted octanol–water partition coefficient (Wildman–Crippen LogP) is 4.56. The zero-order valence-electron chi connectivity index (χ0n) is 17.6. The molecule has 0 aromatic heterocycles. The zero-order valence-corrected chi connectivity index (χ0v) is 19.1. The number of hydrogen-bond donors (Lipinski definition) is 0. The highest BCUT2D eigenvalue weighted by Crippen LogP contribution is 2.37. The standard InChI is InChI=1S/C23H25Cl2N3O3/c1-3-22(29)27(12-13-31-2)15-23(30)28-21(17-9-5-7-11-19(17)25)14-20(26-28)16-8-4-6-10-18(16)24/h4-11,21H,3,12-15H2,1-2H3. The van der Waals surface area contributed by atoms with Gasteiger partial charge in [0.25, 0.3) is 5.91 Å². The summed E-state index contributed by atoms with van der Waals surface area (Å²) in [5.41, 5.74) is 2.28. The highest BCUT2D eigenvalue weighted by molar-refractivity contribution is 6.34. The third-order valence-electron chi connectivity index (χ3n) is 5.16. The smallest absolute Gasteiger partial charge is 0.262 e. The molecule has 164 valence electrons. The summed E-state index contributed by atoms with van der Waals surface area (Å²) in [6.07, 6.45) is 0.776. The lowest BCUT2D eigenvalue weighted by atomic mass is 9.98. The number of hydrogen-bond acceptors (Lipinski definition) is 4. The van der Waals surface area contributed by atoms with Crippen molar-refractivity contribution in [2.45, 2.75) is 25.8 Å². The summed E-state index contributed by atoms with van der Waals surface area (Å²) in [5, 5.41) is 7.18. The number of benzene rings is 2. The summed E-state index contributed by atoms with van der Waals surface area (Å²) in [4.78, 5) is 27.1. The molecule has 1 unspecified atom stereocenters. The summed E-state index contributed by atoms with van der Waals surface area (Å²) in [6.45, 7) is 2.36. The lowest BCUT2D eigenvalue weighted by Crippen LogP contribution is -2.42. The SMILES string of the molecule is CCC(=O)N(CCOC)CC(=O)N1N=C(c2ccccc2Cl)CC1c1ccccc1Cl. The summed E-state index contributed by atoms with van der Waals surface area (Å²) in [6, 6.07) is 14.4. The molecule has 0 N–H and O–H groups in total. The number of carbonyl (C=O) groups excluding carboxylic acids is 2. The largest absolute Gasteiger partial charge is 0.383 e. The first kappa shape index (κ1) is 23.3. The Labute approximate surface area is 192 Å². The molecule has 1 atom stereocenters. The topological polar surface area (TPSA) is 62.2 Å². The zero-order chi connectivity index (χ0) is 22.4. The van der Waals surface area contributed by atoms with Crippen LogP contribution in [0.3, 0.4) is 0 Å². The van der Waals surface area contributed by atoms with E-state index < -0.39 is 0 Å². The molecule has 0 bridgehead atoms. The molecule has 6 nitrogen and oxygen atoms in total. The number of hydrazone groups is 1. The Hall–Kier alpha value is -2.41. The van der Waals surface area contributed by atoms with E-state index >= 15 is 0 Å². The maximum absolute atomic E-state index is 13.3. The van der Waals surface area contributed by atoms with Gasteiger partial charge in [-0.05, 0) is 17.7 Å². The van der Waals surface area contributed by atoms with Crippen molar-refractivity contribution in [3.05, 3.63) is 69.7 Å². The van der Waals surface area contributed by atoms with E-state index in [2.05, 4.69) is 5.10 Å². The molecule has 2 amide bonds. The second kappa shape index (κ2) is 10.8. The van der Waals surface area contributed by atoms with Crippen LogP contribution in [-0.2, 0) is 14.3 Å². The Morgan fingerprint density at radius 1 is 1.13 bits per heavy atom. The van der Waals surface area contributed by atoms with Crippen molar-refractivity contribution in [1.29, 1.82) is 0 Å². The number of nitrogens with zero attached hydrogens (tertiary/aromatic N) is 3. The number of methoxy groups -OCH3 is 1. The van der Waals surface area contributed by atoms with Crippen LogP contribution < -0.4 is 0 Å². The van der Waals surface area contributed by atoms with Gasteiger partial charge in [0.1, 0.15) is 6.54 Å². The van der Waals surface area contributed by atoms with Gasteiger partial charge in [0.2, 0.25) is 5.91 Å². The van der Waals surface area contributed by atoms with Crippen LogP contribution >= 0.6 is 23.2 Å². The minimum Gasteiger partial charge on any atom is -0.383 e. The van der Waals surface area contributed by atoms with Crippen LogP contribution in [0, 0.1) is 0 Å². The molecule has 0 spiro atoms. The number of carbonyl (C=O) groups is 2. The van der Waals surface area contributed by atoms with Crippen LogP contribution in [-0.4, -0.2) is 54.2 Å². The second-order valence-corrected chi connectivity index (χ2v) is 7.98. The molecule has 0 saturated carbocycles. The van der Waals surface area contributed by atoms with E-state index in [9.17, 15) is 9.59 Å². The van der Waals surface area contributed by atoms with E-state index in [1.54, 1.807) is 26.2 Å². The number of ether oxygens (including phenoxy) is 1. The van der Waals surface area contributed by atoms with E-state index in [1.807, 2.05) is 36.4 Å². The van der Waals surface area contributed by atoms with E-state index in [1.165, 1.54) is 9.91 Å². The molecular formula is C23H25Cl2N3O3. The van der Waals surface area contributed by atoms with Gasteiger partial charge in [-0.3, -0.25) is 9.59 Å². The Morgan fingerprint density at radius 3 is 2.45 bits per heavy atom. The summed E-state index contributed by atoms with van der Waals surface area (Å²) < 4.78 is 5.09. The fourth-order valence-electron chi connectivity index (χ4n) is 3.54. The van der Waals surface area contributed by atoms with Crippen LogP contribution in [0.1, 0.15) is 36.9 Å². The number of rotatable bonds is 8. The summed E-state index contributed by atoms with van der Waals surface area (Å²) in [5.74, 6) is -0.404. The molecule has 0 aliphatic carbocycles. The van der Waals surface area contributed by atoms with Crippen LogP contribution in [0.4, 0.5) is 0 Å². The highest BCUT2D eigenvalue weighted by atomic mass is 35.5. The minimum atomic E-state index is -0.381. The van der Waals surface area contributed by atoms with Crippen LogP contribution in [0.2, 0.25) is 10.0 Å². The van der Waals surface area contributed by atoms with E-state index in [-0.39, 0.29) is 24.4 Å². The van der Waals surface area contributed by atoms with Crippen molar-refractivity contribution in [2.24, 2.45) is 5.10 Å². The third-order valence-corrected chi connectivity index (χ3v) is 5.84. The molecule has 8 heteroatoms.